The quantitative estimate of drug-likeness (QED) is 0.590. The molecule has 0 aliphatic carbocycles. The summed E-state index contributed by atoms with van der Waals surface area (Å²) in [6.07, 6.45) is 3.40. The van der Waals surface area contributed by atoms with Crippen molar-refractivity contribution in [3.63, 3.8) is 0 Å². The molecule has 1 aliphatic rings. The molecule has 2 rings (SSSR count). The number of hydrogen-bond acceptors (Lipinski definition) is 3. The van der Waals surface area contributed by atoms with Gasteiger partial charge in [0, 0.05) is 5.56 Å². The fraction of sp³-hybridized carbons (Fsp3) is 0.500. The van der Waals surface area contributed by atoms with Gasteiger partial charge in [0.1, 0.15) is 5.69 Å². The molecule has 4 nitrogen and oxygen atoms in total. The molecule has 2 unspecified atom stereocenters. The van der Waals surface area contributed by atoms with Gasteiger partial charge in [-0.2, -0.15) is 0 Å². The first-order valence-electron chi connectivity index (χ1n) is 6.45. The molecule has 1 fully saturated rings. The molecule has 1 aliphatic heterocycles. The highest BCUT2D eigenvalue weighted by Crippen LogP contribution is 2.34. The molecule has 18 heavy (non-hydrogen) atoms. The topological polar surface area (TPSA) is 49.5 Å². The van der Waals surface area contributed by atoms with Gasteiger partial charge in [-0.15, -0.1) is 4.91 Å². The van der Waals surface area contributed by atoms with Crippen molar-refractivity contribution in [1.29, 1.82) is 0 Å². The van der Waals surface area contributed by atoms with Gasteiger partial charge < -0.3 is 4.90 Å². The van der Waals surface area contributed by atoms with Crippen LogP contribution in [0.3, 0.4) is 0 Å². The lowest BCUT2D eigenvalue weighted by Gasteiger charge is -2.04. The smallest absolute Gasteiger partial charge is 0.254 e. The van der Waals surface area contributed by atoms with Gasteiger partial charge in [0.2, 0.25) is 0 Å². The van der Waals surface area contributed by atoms with Crippen LogP contribution in [0, 0.1) is 4.91 Å². The zero-order valence-corrected chi connectivity index (χ0v) is 10.8. The summed E-state index contributed by atoms with van der Waals surface area (Å²) in [5.41, 5.74) is 0.987. The fourth-order valence-corrected chi connectivity index (χ4v) is 2.36. The summed E-state index contributed by atoms with van der Waals surface area (Å²) >= 11 is 0. The van der Waals surface area contributed by atoms with Crippen LogP contribution < -0.4 is 0 Å². The SMILES string of the molecule is CCCCC1C(C)N1C(=O)c1ccc(N=O)cc1. The first kappa shape index (κ1) is 12.7. The van der Waals surface area contributed by atoms with E-state index in [9.17, 15) is 9.70 Å². The lowest BCUT2D eigenvalue weighted by Crippen LogP contribution is -2.14. The predicted octanol–water partition coefficient (Wildman–Crippen LogP) is 3.49. The number of rotatable bonds is 5. The minimum Gasteiger partial charge on any atom is -0.329 e. The zero-order valence-electron chi connectivity index (χ0n) is 10.8. The molecule has 1 heterocycles. The van der Waals surface area contributed by atoms with Crippen molar-refractivity contribution in [3.05, 3.63) is 34.7 Å². The Morgan fingerprint density at radius 3 is 2.56 bits per heavy atom. The van der Waals surface area contributed by atoms with Gasteiger partial charge in [-0.05, 0) is 42.8 Å². The highest BCUT2D eigenvalue weighted by atomic mass is 16.3. The van der Waals surface area contributed by atoms with Crippen LogP contribution in [0.5, 0.6) is 0 Å². The van der Waals surface area contributed by atoms with Crippen molar-refractivity contribution in [1.82, 2.24) is 4.90 Å². The number of unbranched alkanes of at least 4 members (excludes halogenated alkanes) is 1. The Morgan fingerprint density at radius 2 is 2.00 bits per heavy atom. The van der Waals surface area contributed by atoms with Crippen LogP contribution in [0.1, 0.15) is 43.5 Å². The van der Waals surface area contributed by atoms with E-state index >= 15 is 0 Å². The molecular formula is C14H18N2O2. The summed E-state index contributed by atoms with van der Waals surface area (Å²) in [5, 5.41) is 2.83. The van der Waals surface area contributed by atoms with E-state index in [2.05, 4.69) is 19.0 Å². The summed E-state index contributed by atoms with van der Waals surface area (Å²) in [6, 6.07) is 7.22. The first-order valence-corrected chi connectivity index (χ1v) is 6.45. The predicted molar refractivity (Wildman–Crippen MR) is 70.8 cm³/mol. The standard InChI is InChI=1S/C14H18N2O2/c1-3-4-5-13-10(2)16(13)14(17)11-6-8-12(15-18)9-7-11/h6-10,13H,3-5H2,1-2H3. The number of nitroso groups, excluding NO2 is 1. The van der Waals surface area contributed by atoms with E-state index in [1.807, 2.05) is 4.90 Å². The average Bonchev–Trinajstić information content (AvgIpc) is 3.06. The van der Waals surface area contributed by atoms with E-state index < -0.39 is 0 Å². The Hall–Kier alpha value is -1.71. The van der Waals surface area contributed by atoms with Crippen LogP contribution in [0.25, 0.3) is 0 Å². The number of benzene rings is 1. The molecule has 1 aromatic rings. The van der Waals surface area contributed by atoms with E-state index in [1.54, 1.807) is 24.3 Å². The number of nitrogens with zero attached hydrogens (tertiary/aromatic N) is 2. The zero-order chi connectivity index (χ0) is 13.1. The van der Waals surface area contributed by atoms with Crippen molar-refractivity contribution in [2.24, 2.45) is 5.18 Å². The Labute approximate surface area is 107 Å². The van der Waals surface area contributed by atoms with Crippen LogP contribution in [0.4, 0.5) is 5.69 Å². The number of carbonyl (C=O) groups is 1. The van der Waals surface area contributed by atoms with Crippen LogP contribution in [0.15, 0.2) is 29.4 Å². The van der Waals surface area contributed by atoms with Gasteiger partial charge in [0.05, 0.1) is 12.1 Å². The molecule has 0 aromatic heterocycles. The van der Waals surface area contributed by atoms with E-state index in [0.29, 0.717) is 23.3 Å². The second-order valence-corrected chi connectivity index (χ2v) is 4.80. The fourth-order valence-electron chi connectivity index (χ4n) is 2.36. The Morgan fingerprint density at radius 1 is 1.33 bits per heavy atom. The van der Waals surface area contributed by atoms with Crippen molar-refractivity contribution in [3.8, 4) is 0 Å². The van der Waals surface area contributed by atoms with Crippen LogP contribution in [0.2, 0.25) is 0 Å². The highest BCUT2D eigenvalue weighted by molar-refractivity contribution is 5.96. The highest BCUT2D eigenvalue weighted by Gasteiger charge is 2.46. The monoisotopic (exact) mass is 246 g/mol. The summed E-state index contributed by atoms with van der Waals surface area (Å²) in [4.78, 5) is 24.4. The van der Waals surface area contributed by atoms with Gasteiger partial charge in [-0.25, -0.2) is 0 Å². The van der Waals surface area contributed by atoms with Gasteiger partial charge in [0.25, 0.3) is 5.91 Å². The summed E-state index contributed by atoms with van der Waals surface area (Å²) < 4.78 is 0. The Kier molecular flexibility index (Phi) is 3.75. The molecule has 0 N–H and O–H groups in total. The molecular weight excluding hydrogens is 228 g/mol. The normalized spacial score (nSPS) is 21.8. The number of hydrogen-bond donors (Lipinski definition) is 0. The van der Waals surface area contributed by atoms with E-state index in [1.165, 1.54) is 0 Å². The van der Waals surface area contributed by atoms with Crippen molar-refractivity contribution >= 4 is 11.6 Å². The van der Waals surface area contributed by atoms with E-state index in [-0.39, 0.29) is 5.91 Å². The number of carbonyl (C=O) groups excluding carboxylic acids is 1. The third-order valence-corrected chi connectivity index (χ3v) is 3.57. The lowest BCUT2D eigenvalue weighted by atomic mass is 10.2. The minimum absolute atomic E-state index is 0.0565. The van der Waals surface area contributed by atoms with Crippen LogP contribution >= 0.6 is 0 Å². The molecule has 4 heteroatoms. The Bertz CT molecular complexity index is 442. The molecule has 2 atom stereocenters. The maximum atomic E-state index is 12.2. The summed E-state index contributed by atoms with van der Waals surface area (Å²) in [5.74, 6) is 0.0565. The Balaban J connectivity index is 2.01. The molecule has 96 valence electrons. The minimum atomic E-state index is 0.0565. The van der Waals surface area contributed by atoms with Crippen molar-refractivity contribution < 1.29 is 4.79 Å². The molecule has 1 aromatic carbocycles. The van der Waals surface area contributed by atoms with Crippen molar-refractivity contribution in [2.45, 2.75) is 45.2 Å². The second-order valence-electron chi connectivity index (χ2n) is 4.80. The molecule has 0 saturated carbocycles. The summed E-state index contributed by atoms with van der Waals surface area (Å²) in [7, 11) is 0. The van der Waals surface area contributed by atoms with Crippen LogP contribution in [-0.2, 0) is 0 Å². The molecule has 0 spiro atoms. The summed E-state index contributed by atoms with van der Waals surface area (Å²) in [6.45, 7) is 4.24. The van der Waals surface area contributed by atoms with Gasteiger partial charge in [-0.3, -0.25) is 4.79 Å². The first-order chi connectivity index (χ1) is 8.69. The van der Waals surface area contributed by atoms with Crippen LogP contribution in [-0.4, -0.2) is 22.9 Å². The maximum Gasteiger partial charge on any atom is 0.254 e. The largest absolute Gasteiger partial charge is 0.329 e. The maximum absolute atomic E-state index is 12.2. The van der Waals surface area contributed by atoms with Gasteiger partial charge in [-0.1, -0.05) is 19.8 Å². The van der Waals surface area contributed by atoms with E-state index in [4.69, 9.17) is 0 Å². The third-order valence-electron chi connectivity index (χ3n) is 3.57. The molecule has 1 saturated heterocycles. The number of amides is 1. The molecule has 0 radical (unpaired) electrons. The second kappa shape index (κ2) is 5.29. The van der Waals surface area contributed by atoms with Gasteiger partial charge >= 0.3 is 0 Å². The van der Waals surface area contributed by atoms with Gasteiger partial charge in [0.15, 0.2) is 0 Å². The van der Waals surface area contributed by atoms with Crippen molar-refractivity contribution in [2.75, 3.05) is 0 Å². The lowest BCUT2D eigenvalue weighted by molar-refractivity contribution is 0.0865. The molecule has 0 bridgehead atoms. The van der Waals surface area contributed by atoms with E-state index in [0.717, 1.165) is 19.3 Å². The average molecular weight is 246 g/mol. The molecule has 1 amide bonds. The third kappa shape index (κ3) is 2.42.